The fraction of sp³-hybridized carbons (Fsp3) is 0.545. The van der Waals surface area contributed by atoms with Crippen LogP contribution in [0.1, 0.15) is 12.2 Å². The lowest BCUT2D eigenvalue weighted by molar-refractivity contribution is 0.254. The molecule has 0 unspecified atom stereocenters. The molecule has 0 saturated carbocycles. The van der Waals surface area contributed by atoms with E-state index in [4.69, 9.17) is 9.52 Å². The van der Waals surface area contributed by atoms with Crippen LogP contribution in [0, 0.1) is 0 Å². The monoisotopic (exact) mass is 224 g/mol. The summed E-state index contributed by atoms with van der Waals surface area (Å²) in [5.41, 5.74) is -0.380. The Morgan fingerprint density at radius 3 is 3.12 bits per heavy atom. The SMILES string of the molecule is O=c1cc(CN2CCCNCC2)occ1O. The molecule has 0 bridgehead atoms. The number of hydrogen-bond acceptors (Lipinski definition) is 5. The Morgan fingerprint density at radius 2 is 2.31 bits per heavy atom. The molecule has 1 saturated heterocycles. The summed E-state index contributed by atoms with van der Waals surface area (Å²) in [6.07, 6.45) is 2.20. The van der Waals surface area contributed by atoms with E-state index in [9.17, 15) is 4.79 Å². The zero-order chi connectivity index (χ0) is 11.4. The largest absolute Gasteiger partial charge is 0.502 e. The molecule has 2 N–H and O–H groups in total. The Kier molecular flexibility index (Phi) is 3.58. The maximum absolute atomic E-state index is 11.2. The highest BCUT2D eigenvalue weighted by Gasteiger charge is 2.11. The molecule has 0 aliphatic carbocycles. The Hall–Kier alpha value is -1.33. The van der Waals surface area contributed by atoms with Gasteiger partial charge in [0.2, 0.25) is 5.43 Å². The quantitative estimate of drug-likeness (QED) is 0.748. The van der Waals surface area contributed by atoms with Crippen LogP contribution < -0.4 is 10.7 Å². The standard InChI is InChI=1S/C11H16N2O3/c14-10-6-9(16-8-11(10)15)7-13-4-1-2-12-3-5-13/h6,8,12,15H,1-5,7H2. The van der Waals surface area contributed by atoms with Gasteiger partial charge in [0.1, 0.15) is 12.0 Å². The first-order chi connectivity index (χ1) is 7.75. The predicted octanol–water partition coefficient (Wildman–Crippen LogP) is 0.141. The molecule has 2 rings (SSSR count). The van der Waals surface area contributed by atoms with Gasteiger partial charge in [0.25, 0.3) is 0 Å². The Labute approximate surface area is 93.7 Å². The van der Waals surface area contributed by atoms with Crippen molar-refractivity contribution < 1.29 is 9.52 Å². The third-order valence-electron chi connectivity index (χ3n) is 2.68. The van der Waals surface area contributed by atoms with Gasteiger partial charge in [-0.3, -0.25) is 9.69 Å². The van der Waals surface area contributed by atoms with Crippen molar-refractivity contribution in [2.45, 2.75) is 13.0 Å². The van der Waals surface area contributed by atoms with Crippen molar-refractivity contribution in [1.82, 2.24) is 10.2 Å². The zero-order valence-corrected chi connectivity index (χ0v) is 9.11. The average Bonchev–Trinajstić information content (AvgIpc) is 2.52. The van der Waals surface area contributed by atoms with Crippen LogP contribution in [0.5, 0.6) is 5.75 Å². The van der Waals surface area contributed by atoms with Crippen LogP contribution in [-0.2, 0) is 6.54 Å². The molecule has 1 aromatic heterocycles. The maximum Gasteiger partial charge on any atom is 0.226 e. The molecule has 0 radical (unpaired) electrons. The summed E-state index contributed by atoms with van der Waals surface area (Å²) in [6, 6.07) is 1.35. The third kappa shape index (κ3) is 2.84. The molecule has 0 spiro atoms. The smallest absolute Gasteiger partial charge is 0.226 e. The second-order valence-electron chi connectivity index (χ2n) is 3.98. The van der Waals surface area contributed by atoms with Crippen molar-refractivity contribution in [3.05, 3.63) is 28.3 Å². The maximum atomic E-state index is 11.2. The number of nitrogens with one attached hydrogen (secondary N) is 1. The second kappa shape index (κ2) is 5.14. The van der Waals surface area contributed by atoms with E-state index in [1.54, 1.807) is 0 Å². The van der Waals surface area contributed by atoms with E-state index in [2.05, 4.69) is 10.2 Å². The van der Waals surface area contributed by atoms with E-state index in [1.165, 1.54) is 6.07 Å². The van der Waals surface area contributed by atoms with E-state index < -0.39 is 0 Å². The van der Waals surface area contributed by atoms with Crippen molar-refractivity contribution >= 4 is 0 Å². The predicted molar refractivity (Wildman–Crippen MR) is 59.4 cm³/mol. The molecule has 1 aliphatic rings. The number of hydrogen-bond donors (Lipinski definition) is 2. The summed E-state index contributed by atoms with van der Waals surface area (Å²) < 4.78 is 5.17. The molecule has 0 amide bonds. The highest BCUT2D eigenvalue weighted by molar-refractivity contribution is 5.15. The molecular weight excluding hydrogens is 208 g/mol. The van der Waals surface area contributed by atoms with Crippen LogP contribution in [0.4, 0.5) is 0 Å². The van der Waals surface area contributed by atoms with E-state index in [0.29, 0.717) is 12.3 Å². The number of nitrogens with zero attached hydrogens (tertiary/aromatic N) is 1. The lowest BCUT2D eigenvalue weighted by Crippen LogP contribution is -2.27. The minimum Gasteiger partial charge on any atom is -0.502 e. The minimum absolute atomic E-state index is 0.332. The first kappa shape index (κ1) is 11.2. The van der Waals surface area contributed by atoms with Gasteiger partial charge in [0, 0.05) is 19.2 Å². The van der Waals surface area contributed by atoms with E-state index in [0.717, 1.165) is 38.9 Å². The molecule has 1 aromatic rings. The van der Waals surface area contributed by atoms with Gasteiger partial charge in [-0.2, -0.15) is 0 Å². The first-order valence-electron chi connectivity index (χ1n) is 5.49. The first-order valence-corrected chi connectivity index (χ1v) is 5.49. The van der Waals surface area contributed by atoms with E-state index >= 15 is 0 Å². The normalized spacial score (nSPS) is 18.2. The summed E-state index contributed by atoms with van der Waals surface area (Å²) in [5, 5.41) is 12.4. The topological polar surface area (TPSA) is 65.7 Å². The number of rotatable bonds is 2. The summed E-state index contributed by atoms with van der Waals surface area (Å²) in [6.45, 7) is 4.57. The minimum atomic E-state index is -0.380. The molecule has 1 aliphatic heterocycles. The molecule has 5 nitrogen and oxygen atoms in total. The Morgan fingerprint density at radius 1 is 1.44 bits per heavy atom. The van der Waals surface area contributed by atoms with Gasteiger partial charge >= 0.3 is 0 Å². The van der Waals surface area contributed by atoms with Crippen LogP contribution in [0.2, 0.25) is 0 Å². The van der Waals surface area contributed by atoms with E-state index in [1.807, 2.05) is 0 Å². The molecule has 16 heavy (non-hydrogen) atoms. The van der Waals surface area contributed by atoms with Crippen molar-refractivity contribution in [3.8, 4) is 5.75 Å². The Bertz CT molecular complexity index is 394. The van der Waals surface area contributed by atoms with Crippen LogP contribution >= 0.6 is 0 Å². The van der Waals surface area contributed by atoms with Crippen LogP contribution in [0.25, 0.3) is 0 Å². The van der Waals surface area contributed by atoms with Gasteiger partial charge in [-0.25, -0.2) is 0 Å². The summed E-state index contributed by atoms with van der Waals surface area (Å²) in [5.74, 6) is 0.269. The second-order valence-corrected chi connectivity index (χ2v) is 3.98. The third-order valence-corrected chi connectivity index (χ3v) is 2.68. The van der Waals surface area contributed by atoms with Gasteiger partial charge < -0.3 is 14.8 Å². The highest BCUT2D eigenvalue weighted by atomic mass is 16.4. The van der Waals surface area contributed by atoms with Crippen molar-refractivity contribution in [3.63, 3.8) is 0 Å². The highest BCUT2D eigenvalue weighted by Crippen LogP contribution is 2.07. The molecular formula is C11H16N2O3. The molecule has 0 aromatic carbocycles. The summed E-state index contributed by atoms with van der Waals surface area (Å²) in [4.78, 5) is 13.4. The van der Waals surface area contributed by atoms with Gasteiger partial charge in [-0.05, 0) is 19.5 Å². The molecule has 2 heterocycles. The fourth-order valence-electron chi connectivity index (χ4n) is 1.81. The van der Waals surface area contributed by atoms with E-state index in [-0.39, 0.29) is 11.2 Å². The Balaban J connectivity index is 2.02. The van der Waals surface area contributed by atoms with Crippen molar-refractivity contribution in [2.24, 2.45) is 0 Å². The van der Waals surface area contributed by atoms with Gasteiger partial charge in [-0.1, -0.05) is 0 Å². The number of aromatic hydroxyl groups is 1. The zero-order valence-electron chi connectivity index (χ0n) is 9.11. The summed E-state index contributed by atoms with van der Waals surface area (Å²) in [7, 11) is 0. The summed E-state index contributed by atoms with van der Waals surface area (Å²) >= 11 is 0. The van der Waals surface area contributed by atoms with Gasteiger partial charge in [-0.15, -0.1) is 0 Å². The average molecular weight is 224 g/mol. The van der Waals surface area contributed by atoms with Crippen LogP contribution in [-0.4, -0.2) is 36.2 Å². The lowest BCUT2D eigenvalue weighted by atomic mass is 10.3. The molecule has 1 fully saturated rings. The van der Waals surface area contributed by atoms with Crippen LogP contribution in [0.15, 0.2) is 21.5 Å². The molecule has 0 atom stereocenters. The van der Waals surface area contributed by atoms with Gasteiger partial charge in [0.15, 0.2) is 5.75 Å². The van der Waals surface area contributed by atoms with Crippen LogP contribution in [0.3, 0.4) is 0 Å². The van der Waals surface area contributed by atoms with Crippen molar-refractivity contribution in [1.29, 1.82) is 0 Å². The van der Waals surface area contributed by atoms with Gasteiger partial charge in [0.05, 0.1) is 6.54 Å². The fourth-order valence-corrected chi connectivity index (χ4v) is 1.81. The van der Waals surface area contributed by atoms with Crippen molar-refractivity contribution in [2.75, 3.05) is 26.2 Å². The molecule has 5 heteroatoms. The lowest BCUT2D eigenvalue weighted by Gasteiger charge is -2.18. The molecule has 88 valence electrons.